The summed E-state index contributed by atoms with van der Waals surface area (Å²) in [5, 5.41) is 16.3. The number of methoxy groups -OCH3 is 1. The van der Waals surface area contributed by atoms with Gasteiger partial charge in [-0.15, -0.1) is 0 Å². The average molecular weight is 263 g/mol. The Bertz CT molecular complexity index is 474. The SMILES string of the molecule is CN=C(NCc1cc(OC)ccc1O)NC1CC1C. The molecule has 0 aliphatic heterocycles. The molecule has 0 bridgehead atoms. The number of aromatic hydroxyl groups is 1. The second-order valence-electron chi connectivity index (χ2n) is 4.88. The van der Waals surface area contributed by atoms with Crippen LogP contribution in [0.2, 0.25) is 0 Å². The van der Waals surface area contributed by atoms with Crippen molar-refractivity contribution in [1.29, 1.82) is 0 Å². The van der Waals surface area contributed by atoms with Crippen LogP contribution >= 0.6 is 0 Å². The molecule has 0 heterocycles. The first-order chi connectivity index (χ1) is 9.13. The largest absolute Gasteiger partial charge is 0.508 e. The van der Waals surface area contributed by atoms with E-state index in [2.05, 4.69) is 22.5 Å². The fourth-order valence-electron chi connectivity index (χ4n) is 1.90. The van der Waals surface area contributed by atoms with Crippen molar-refractivity contribution in [3.05, 3.63) is 23.8 Å². The van der Waals surface area contributed by atoms with Gasteiger partial charge in [0.15, 0.2) is 5.96 Å². The van der Waals surface area contributed by atoms with Gasteiger partial charge in [0, 0.05) is 25.2 Å². The molecule has 2 atom stereocenters. The van der Waals surface area contributed by atoms with Gasteiger partial charge in [-0.05, 0) is 30.5 Å². The molecule has 2 rings (SSSR count). The number of nitrogens with one attached hydrogen (secondary N) is 2. The van der Waals surface area contributed by atoms with Crippen molar-refractivity contribution in [3.63, 3.8) is 0 Å². The van der Waals surface area contributed by atoms with Gasteiger partial charge in [-0.1, -0.05) is 6.92 Å². The van der Waals surface area contributed by atoms with E-state index >= 15 is 0 Å². The van der Waals surface area contributed by atoms with E-state index in [-0.39, 0.29) is 5.75 Å². The lowest BCUT2D eigenvalue weighted by atomic mass is 10.2. The molecule has 1 aliphatic rings. The summed E-state index contributed by atoms with van der Waals surface area (Å²) in [6.45, 7) is 2.71. The molecule has 1 saturated carbocycles. The zero-order chi connectivity index (χ0) is 13.8. The monoisotopic (exact) mass is 263 g/mol. The first-order valence-corrected chi connectivity index (χ1v) is 6.47. The number of nitrogens with zero attached hydrogens (tertiary/aromatic N) is 1. The summed E-state index contributed by atoms with van der Waals surface area (Å²) < 4.78 is 5.15. The predicted octanol–water partition coefficient (Wildman–Crippen LogP) is 1.47. The number of guanidine groups is 1. The topological polar surface area (TPSA) is 65.9 Å². The van der Waals surface area contributed by atoms with Crippen LogP contribution in [0.25, 0.3) is 0 Å². The highest BCUT2D eigenvalue weighted by Gasteiger charge is 2.33. The third-order valence-electron chi connectivity index (χ3n) is 3.39. The van der Waals surface area contributed by atoms with Crippen LogP contribution in [0.4, 0.5) is 0 Å². The molecule has 0 saturated heterocycles. The molecule has 0 radical (unpaired) electrons. The fourth-order valence-corrected chi connectivity index (χ4v) is 1.90. The second kappa shape index (κ2) is 5.82. The Morgan fingerprint density at radius 2 is 2.26 bits per heavy atom. The zero-order valence-corrected chi connectivity index (χ0v) is 11.6. The molecular formula is C14H21N3O2. The number of phenols is 1. The molecule has 5 nitrogen and oxygen atoms in total. The Morgan fingerprint density at radius 1 is 1.53 bits per heavy atom. The lowest BCUT2D eigenvalue weighted by Gasteiger charge is -2.13. The highest BCUT2D eigenvalue weighted by atomic mass is 16.5. The van der Waals surface area contributed by atoms with Gasteiger partial charge in [-0.3, -0.25) is 4.99 Å². The maximum absolute atomic E-state index is 9.80. The highest BCUT2D eigenvalue weighted by Crippen LogP contribution is 2.28. The number of hydrogen-bond donors (Lipinski definition) is 3. The van der Waals surface area contributed by atoms with Crippen molar-refractivity contribution in [1.82, 2.24) is 10.6 Å². The van der Waals surface area contributed by atoms with E-state index in [1.807, 2.05) is 6.07 Å². The molecular weight excluding hydrogens is 242 g/mol. The van der Waals surface area contributed by atoms with Crippen molar-refractivity contribution >= 4 is 5.96 Å². The van der Waals surface area contributed by atoms with Gasteiger partial charge in [0.2, 0.25) is 0 Å². The van der Waals surface area contributed by atoms with Gasteiger partial charge in [-0.2, -0.15) is 0 Å². The summed E-state index contributed by atoms with van der Waals surface area (Å²) in [4.78, 5) is 4.17. The minimum atomic E-state index is 0.253. The van der Waals surface area contributed by atoms with E-state index in [4.69, 9.17) is 4.74 Å². The molecule has 1 aliphatic carbocycles. The van der Waals surface area contributed by atoms with E-state index < -0.39 is 0 Å². The third-order valence-corrected chi connectivity index (χ3v) is 3.39. The maximum Gasteiger partial charge on any atom is 0.191 e. The molecule has 0 amide bonds. The number of ether oxygens (including phenoxy) is 1. The number of benzene rings is 1. The van der Waals surface area contributed by atoms with E-state index in [0.29, 0.717) is 18.5 Å². The highest BCUT2D eigenvalue weighted by molar-refractivity contribution is 5.80. The smallest absolute Gasteiger partial charge is 0.191 e. The number of hydrogen-bond acceptors (Lipinski definition) is 3. The predicted molar refractivity (Wildman–Crippen MR) is 75.6 cm³/mol. The van der Waals surface area contributed by atoms with Gasteiger partial charge in [0.1, 0.15) is 11.5 Å². The molecule has 2 unspecified atom stereocenters. The van der Waals surface area contributed by atoms with E-state index in [1.165, 1.54) is 6.42 Å². The lowest BCUT2D eigenvalue weighted by Crippen LogP contribution is -2.38. The molecule has 5 heteroatoms. The van der Waals surface area contributed by atoms with E-state index in [0.717, 1.165) is 17.3 Å². The van der Waals surface area contributed by atoms with Crippen molar-refractivity contribution in [2.75, 3.05) is 14.2 Å². The molecule has 19 heavy (non-hydrogen) atoms. The van der Waals surface area contributed by atoms with Gasteiger partial charge < -0.3 is 20.5 Å². The standard InChI is InChI=1S/C14H21N3O2/c1-9-6-12(9)17-14(15-2)16-8-10-7-11(19-3)4-5-13(10)18/h4-5,7,9,12,18H,6,8H2,1-3H3,(H2,15,16,17). The normalized spacial score (nSPS) is 21.9. The van der Waals surface area contributed by atoms with Crippen LogP contribution in [0.15, 0.2) is 23.2 Å². The summed E-state index contributed by atoms with van der Waals surface area (Å²) >= 11 is 0. The molecule has 0 aromatic heterocycles. The van der Waals surface area contributed by atoms with Crippen molar-refractivity contribution in [2.24, 2.45) is 10.9 Å². The van der Waals surface area contributed by atoms with Gasteiger partial charge in [0.25, 0.3) is 0 Å². The summed E-state index contributed by atoms with van der Waals surface area (Å²) in [7, 11) is 3.35. The van der Waals surface area contributed by atoms with E-state index in [1.54, 1.807) is 26.3 Å². The van der Waals surface area contributed by atoms with Crippen LogP contribution in [-0.4, -0.2) is 31.3 Å². The van der Waals surface area contributed by atoms with E-state index in [9.17, 15) is 5.11 Å². The molecule has 1 aromatic rings. The minimum absolute atomic E-state index is 0.253. The van der Waals surface area contributed by atoms with Gasteiger partial charge in [0.05, 0.1) is 7.11 Å². The summed E-state index contributed by atoms with van der Waals surface area (Å²) in [5.74, 6) is 2.46. The quantitative estimate of drug-likeness (QED) is 0.568. The second-order valence-corrected chi connectivity index (χ2v) is 4.88. The molecule has 0 spiro atoms. The molecule has 3 N–H and O–H groups in total. The van der Waals surface area contributed by atoms with Crippen molar-refractivity contribution in [2.45, 2.75) is 25.9 Å². The van der Waals surface area contributed by atoms with Crippen LogP contribution in [-0.2, 0) is 6.54 Å². The van der Waals surface area contributed by atoms with Gasteiger partial charge >= 0.3 is 0 Å². The molecule has 1 aromatic carbocycles. The summed E-state index contributed by atoms with van der Waals surface area (Å²) in [6.07, 6.45) is 1.19. The zero-order valence-electron chi connectivity index (χ0n) is 11.6. The number of phenolic OH excluding ortho intramolecular Hbond substituents is 1. The molecule has 104 valence electrons. The Morgan fingerprint density at radius 3 is 2.84 bits per heavy atom. The Labute approximate surface area is 113 Å². The Balaban J connectivity index is 1.93. The van der Waals surface area contributed by atoms with Crippen LogP contribution in [0, 0.1) is 5.92 Å². The van der Waals surface area contributed by atoms with Crippen molar-refractivity contribution < 1.29 is 9.84 Å². The first-order valence-electron chi connectivity index (χ1n) is 6.47. The maximum atomic E-state index is 9.80. The summed E-state index contributed by atoms with van der Waals surface area (Å²) in [6, 6.07) is 5.70. The molecule has 1 fully saturated rings. The number of rotatable bonds is 4. The van der Waals surface area contributed by atoms with Crippen LogP contribution < -0.4 is 15.4 Å². The van der Waals surface area contributed by atoms with Crippen molar-refractivity contribution in [3.8, 4) is 11.5 Å². The lowest BCUT2D eigenvalue weighted by molar-refractivity contribution is 0.410. The van der Waals surface area contributed by atoms with Crippen LogP contribution in [0.3, 0.4) is 0 Å². The third kappa shape index (κ3) is 3.53. The minimum Gasteiger partial charge on any atom is -0.508 e. The Hall–Kier alpha value is -1.91. The summed E-state index contributed by atoms with van der Waals surface area (Å²) in [5.41, 5.74) is 0.783. The average Bonchev–Trinajstić information content (AvgIpc) is 3.11. The van der Waals surface area contributed by atoms with Gasteiger partial charge in [-0.25, -0.2) is 0 Å². The Kier molecular flexibility index (Phi) is 4.14. The fraction of sp³-hybridized carbons (Fsp3) is 0.500. The van der Waals surface area contributed by atoms with Crippen LogP contribution in [0.1, 0.15) is 18.9 Å². The first kappa shape index (κ1) is 13.5. The van der Waals surface area contributed by atoms with Crippen LogP contribution in [0.5, 0.6) is 11.5 Å². The number of aliphatic imine (C=N–C) groups is 1.